The fraction of sp³-hybridized carbons (Fsp3) is 0.0909. The molecule has 2 N–H and O–H groups in total. The van der Waals surface area contributed by atoms with Crippen LogP contribution in [0.3, 0.4) is 0 Å². The number of ether oxygens (including phenoxy) is 1. The van der Waals surface area contributed by atoms with Gasteiger partial charge in [-0.25, -0.2) is 14.4 Å². The van der Waals surface area contributed by atoms with E-state index in [1.807, 2.05) is 0 Å². The van der Waals surface area contributed by atoms with Gasteiger partial charge in [0.25, 0.3) is 0 Å². The van der Waals surface area contributed by atoms with Crippen LogP contribution in [0.25, 0.3) is 0 Å². The number of nitro groups is 1. The van der Waals surface area contributed by atoms with Gasteiger partial charge >= 0.3 is 5.69 Å². The monoisotopic (exact) mass is 264 g/mol. The molecule has 0 saturated carbocycles. The van der Waals surface area contributed by atoms with E-state index in [4.69, 9.17) is 10.5 Å². The highest BCUT2D eigenvalue weighted by Crippen LogP contribution is 2.32. The second kappa shape index (κ2) is 4.84. The molecule has 1 aromatic heterocycles. The first-order valence-electron chi connectivity index (χ1n) is 5.18. The second-order valence-corrected chi connectivity index (χ2v) is 3.66. The van der Waals surface area contributed by atoms with Crippen LogP contribution < -0.4 is 10.5 Å². The molecule has 0 saturated heterocycles. The Hall–Kier alpha value is -2.77. The molecule has 2 rings (SSSR count). The number of hydrogen-bond donors (Lipinski definition) is 1. The van der Waals surface area contributed by atoms with Gasteiger partial charge in [0.1, 0.15) is 18.0 Å². The SMILES string of the molecule is Cc1c(N)ncnc1Oc1ccc(F)cc1[N+](=O)[O-]. The van der Waals surface area contributed by atoms with Crippen LogP contribution in [-0.2, 0) is 0 Å². The molecular formula is C11H9FN4O3. The Labute approximate surface area is 107 Å². The zero-order chi connectivity index (χ0) is 14.0. The summed E-state index contributed by atoms with van der Waals surface area (Å²) < 4.78 is 18.3. The van der Waals surface area contributed by atoms with Crippen LogP contribution in [0.5, 0.6) is 11.6 Å². The van der Waals surface area contributed by atoms with Gasteiger partial charge in [0, 0.05) is 0 Å². The molecule has 1 heterocycles. The quantitative estimate of drug-likeness (QED) is 0.673. The largest absolute Gasteiger partial charge is 0.431 e. The molecule has 0 aliphatic heterocycles. The highest BCUT2D eigenvalue weighted by molar-refractivity contribution is 5.50. The van der Waals surface area contributed by atoms with Crippen LogP contribution in [0.2, 0.25) is 0 Å². The lowest BCUT2D eigenvalue weighted by atomic mass is 10.3. The summed E-state index contributed by atoms with van der Waals surface area (Å²) in [5.74, 6) is -0.553. The molecule has 7 nitrogen and oxygen atoms in total. The van der Waals surface area contributed by atoms with Gasteiger partial charge in [-0.05, 0) is 19.1 Å². The van der Waals surface area contributed by atoms with Gasteiger partial charge in [-0.3, -0.25) is 10.1 Å². The van der Waals surface area contributed by atoms with E-state index in [9.17, 15) is 14.5 Å². The van der Waals surface area contributed by atoms with Crippen molar-refractivity contribution >= 4 is 11.5 Å². The lowest BCUT2D eigenvalue weighted by Gasteiger charge is -2.08. The Morgan fingerprint density at radius 2 is 2.16 bits per heavy atom. The van der Waals surface area contributed by atoms with E-state index in [-0.39, 0.29) is 17.4 Å². The Kier molecular flexibility index (Phi) is 3.23. The molecule has 19 heavy (non-hydrogen) atoms. The third kappa shape index (κ3) is 2.57. The van der Waals surface area contributed by atoms with Gasteiger partial charge in [0.2, 0.25) is 11.6 Å². The van der Waals surface area contributed by atoms with Crippen LogP contribution in [0, 0.1) is 22.9 Å². The summed E-state index contributed by atoms with van der Waals surface area (Å²) in [7, 11) is 0. The van der Waals surface area contributed by atoms with Crippen LogP contribution in [-0.4, -0.2) is 14.9 Å². The normalized spacial score (nSPS) is 10.2. The summed E-state index contributed by atoms with van der Waals surface area (Å²) in [6, 6.07) is 2.99. The molecule has 0 spiro atoms. The number of nitro benzene ring substituents is 1. The molecule has 0 amide bonds. The zero-order valence-electron chi connectivity index (χ0n) is 9.83. The number of rotatable bonds is 3. The Bertz CT molecular complexity index is 648. The molecule has 0 bridgehead atoms. The predicted octanol–water partition coefficient (Wildman–Crippen LogP) is 2.21. The maximum absolute atomic E-state index is 13.0. The first-order chi connectivity index (χ1) is 8.99. The van der Waals surface area contributed by atoms with E-state index >= 15 is 0 Å². The van der Waals surface area contributed by atoms with Crippen LogP contribution >= 0.6 is 0 Å². The molecule has 0 atom stereocenters. The van der Waals surface area contributed by atoms with Gasteiger partial charge in [-0.2, -0.15) is 0 Å². The van der Waals surface area contributed by atoms with Crippen LogP contribution in [0.4, 0.5) is 15.9 Å². The van der Waals surface area contributed by atoms with E-state index in [1.54, 1.807) is 6.92 Å². The lowest BCUT2D eigenvalue weighted by molar-refractivity contribution is -0.385. The Morgan fingerprint density at radius 3 is 2.84 bits per heavy atom. The van der Waals surface area contributed by atoms with E-state index in [1.165, 1.54) is 6.33 Å². The molecule has 2 aromatic rings. The maximum atomic E-state index is 13.0. The molecule has 0 aliphatic rings. The van der Waals surface area contributed by atoms with E-state index < -0.39 is 16.4 Å². The van der Waals surface area contributed by atoms with Gasteiger partial charge in [0.15, 0.2) is 0 Å². The Morgan fingerprint density at radius 1 is 1.42 bits per heavy atom. The minimum Gasteiger partial charge on any atom is -0.431 e. The summed E-state index contributed by atoms with van der Waals surface area (Å²) in [5, 5.41) is 10.8. The smallest absolute Gasteiger partial charge is 0.314 e. The number of anilines is 1. The summed E-state index contributed by atoms with van der Waals surface area (Å²) in [4.78, 5) is 17.7. The van der Waals surface area contributed by atoms with Gasteiger partial charge < -0.3 is 10.5 Å². The highest BCUT2D eigenvalue weighted by Gasteiger charge is 2.18. The zero-order valence-corrected chi connectivity index (χ0v) is 9.83. The van der Waals surface area contributed by atoms with Gasteiger partial charge in [-0.1, -0.05) is 0 Å². The minimum absolute atomic E-state index is 0.0854. The van der Waals surface area contributed by atoms with Crippen molar-refractivity contribution in [2.45, 2.75) is 6.92 Å². The number of nitrogens with zero attached hydrogens (tertiary/aromatic N) is 3. The maximum Gasteiger partial charge on any atom is 0.314 e. The average Bonchev–Trinajstić information content (AvgIpc) is 2.36. The summed E-state index contributed by atoms with van der Waals surface area (Å²) in [5.41, 5.74) is 5.53. The van der Waals surface area contributed by atoms with E-state index in [2.05, 4.69) is 9.97 Å². The number of benzene rings is 1. The predicted molar refractivity (Wildman–Crippen MR) is 64.3 cm³/mol. The molecule has 0 radical (unpaired) electrons. The fourth-order valence-corrected chi connectivity index (χ4v) is 1.37. The number of nitrogens with two attached hydrogens (primary N) is 1. The number of hydrogen-bond acceptors (Lipinski definition) is 6. The second-order valence-electron chi connectivity index (χ2n) is 3.66. The summed E-state index contributed by atoms with van der Waals surface area (Å²) >= 11 is 0. The number of nitrogen functional groups attached to an aromatic ring is 1. The van der Waals surface area contributed by atoms with Gasteiger partial charge in [-0.15, -0.1) is 0 Å². The molecule has 98 valence electrons. The van der Waals surface area contributed by atoms with Crippen LogP contribution in [0.15, 0.2) is 24.5 Å². The van der Waals surface area contributed by atoms with Crippen molar-refractivity contribution in [1.29, 1.82) is 0 Å². The van der Waals surface area contributed by atoms with Crippen molar-refractivity contribution in [3.05, 3.63) is 46.0 Å². The number of aromatic nitrogens is 2. The van der Waals surface area contributed by atoms with Crippen molar-refractivity contribution < 1.29 is 14.1 Å². The fourth-order valence-electron chi connectivity index (χ4n) is 1.37. The first kappa shape index (κ1) is 12.7. The third-order valence-electron chi connectivity index (χ3n) is 2.40. The third-order valence-corrected chi connectivity index (χ3v) is 2.40. The summed E-state index contributed by atoms with van der Waals surface area (Å²) in [6.07, 6.45) is 1.17. The lowest BCUT2D eigenvalue weighted by Crippen LogP contribution is -2.00. The topological polar surface area (TPSA) is 104 Å². The van der Waals surface area contributed by atoms with Crippen molar-refractivity contribution in [2.75, 3.05) is 5.73 Å². The van der Waals surface area contributed by atoms with E-state index in [0.29, 0.717) is 5.56 Å². The standard InChI is InChI=1S/C11H9FN4O3/c1-6-10(13)14-5-15-11(6)19-9-3-2-7(12)4-8(9)16(17)18/h2-5H,1H3,(H2,13,14,15). The molecule has 1 aromatic carbocycles. The first-order valence-corrected chi connectivity index (χ1v) is 5.18. The van der Waals surface area contributed by atoms with E-state index in [0.717, 1.165) is 18.2 Å². The van der Waals surface area contributed by atoms with Crippen molar-refractivity contribution in [2.24, 2.45) is 0 Å². The molecular weight excluding hydrogens is 255 g/mol. The van der Waals surface area contributed by atoms with Gasteiger partial charge in [0.05, 0.1) is 16.6 Å². The summed E-state index contributed by atoms with van der Waals surface area (Å²) in [6.45, 7) is 1.61. The Balaban J connectivity index is 2.44. The number of halogens is 1. The molecule has 0 fully saturated rings. The van der Waals surface area contributed by atoms with Crippen molar-refractivity contribution in [1.82, 2.24) is 9.97 Å². The molecule has 0 unspecified atom stereocenters. The average molecular weight is 264 g/mol. The molecule has 0 aliphatic carbocycles. The minimum atomic E-state index is -0.738. The molecule has 8 heteroatoms. The van der Waals surface area contributed by atoms with Crippen molar-refractivity contribution in [3.63, 3.8) is 0 Å². The van der Waals surface area contributed by atoms with Crippen LogP contribution in [0.1, 0.15) is 5.56 Å². The highest BCUT2D eigenvalue weighted by atomic mass is 19.1. The van der Waals surface area contributed by atoms with Crippen molar-refractivity contribution in [3.8, 4) is 11.6 Å².